The van der Waals surface area contributed by atoms with E-state index < -0.39 is 0 Å². The molecule has 0 aromatic rings. The van der Waals surface area contributed by atoms with E-state index in [1.165, 1.54) is 57.8 Å². The highest BCUT2D eigenvalue weighted by Crippen LogP contribution is 2.40. The normalized spacial score (nSPS) is 39.0. The Morgan fingerprint density at radius 1 is 1.00 bits per heavy atom. The quantitative estimate of drug-likeness (QED) is 0.820. The van der Waals surface area contributed by atoms with Crippen LogP contribution in [0.2, 0.25) is 0 Å². The lowest BCUT2D eigenvalue weighted by Gasteiger charge is -2.41. The van der Waals surface area contributed by atoms with Crippen molar-refractivity contribution in [3.8, 4) is 0 Å². The van der Waals surface area contributed by atoms with Gasteiger partial charge in [0.05, 0.1) is 12.2 Å². The van der Waals surface area contributed by atoms with E-state index in [0.29, 0.717) is 23.7 Å². The average molecular weight is 281 g/mol. The largest absolute Gasteiger partial charge is 0.373 e. The number of ether oxygens (including phenoxy) is 1. The van der Waals surface area contributed by atoms with Crippen molar-refractivity contribution in [1.82, 2.24) is 5.32 Å². The predicted octanol–water partition coefficient (Wildman–Crippen LogP) is 4.53. The van der Waals surface area contributed by atoms with Crippen molar-refractivity contribution in [3.05, 3.63) is 0 Å². The summed E-state index contributed by atoms with van der Waals surface area (Å²) >= 11 is 0. The Labute approximate surface area is 126 Å². The number of likely N-dealkylation sites (N-methyl/N-ethyl adjacent to an activating group) is 1. The third kappa shape index (κ3) is 4.73. The predicted molar refractivity (Wildman–Crippen MR) is 86.0 cm³/mol. The first-order valence-corrected chi connectivity index (χ1v) is 8.83. The molecule has 4 atom stereocenters. The van der Waals surface area contributed by atoms with Gasteiger partial charge in [-0.15, -0.1) is 0 Å². The van der Waals surface area contributed by atoms with Crippen LogP contribution >= 0.6 is 0 Å². The smallest absolute Gasteiger partial charge is 0.0731 e. The molecule has 0 aromatic carbocycles. The zero-order chi connectivity index (χ0) is 14.6. The topological polar surface area (TPSA) is 21.3 Å². The molecule has 20 heavy (non-hydrogen) atoms. The van der Waals surface area contributed by atoms with Gasteiger partial charge in [0.2, 0.25) is 0 Å². The maximum absolute atomic E-state index is 6.61. The third-order valence-electron chi connectivity index (χ3n) is 5.29. The summed E-state index contributed by atoms with van der Waals surface area (Å²) in [5.74, 6) is 0.811. The minimum Gasteiger partial charge on any atom is -0.373 e. The van der Waals surface area contributed by atoms with Gasteiger partial charge in [-0.1, -0.05) is 46.5 Å². The van der Waals surface area contributed by atoms with Crippen LogP contribution in [0.4, 0.5) is 0 Å². The van der Waals surface area contributed by atoms with Crippen LogP contribution in [-0.4, -0.2) is 25.3 Å². The summed E-state index contributed by atoms with van der Waals surface area (Å²) in [5, 5.41) is 3.52. The lowest BCUT2D eigenvalue weighted by atomic mass is 9.71. The van der Waals surface area contributed by atoms with Crippen LogP contribution in [-0.2, 0) is 4.74 Å². The molecule has 0 amide bonds. The monoisotopic (exact) mass is 281 g/mol. The standard InChI is InChI=1S/C18H35NO/c1-14-11-15(13-18(2,3)12-14)20-17-10-8-6-5-7-9-16(17)19-4/h14-17,19H,5-13H2,1-4H3. The van der Waals surface area contributed by atoms with Crippen LogP contribution in [0.3, 0.4) is 0 Å². The van der Waals surface area contributed by atoms with Gasteiger partial charge >= 0.3 is 0 Å². The van der Waals surface area contributed by atoms with Gasteiger partial charge in [-0.05, 0) is 50.5 Å². The summed E-state index contributed by atoms with van der Waals surface area (Å²) in [6.07, 6.45) is 12.8. The summed E-state index contributed by atoms with van der Waals surface area (Å²) in [7, 11) is 2.11. The first kappa shape index (κ1) is 16.3. The zero-order valence-electron chi connectivity index (χ0n) is 14.1. The van der Waals surface area contributed by atoms with Gasteiger partial charge in [0.25, 0.3) is 0 Å². The fourth-order valence-corrected chi connectivity index (χ4v) is 4.55. The number of nitrogens with one attached hydrogen (secondary N) is 1. The van der Waals surface area contributed by atoms with E-state index in [4.69, 9.17) is 4.74 Å². The molecule has 0 radical (unpaired) electrons. The molecule has 4 unspecified atom stereocenters. The van der Waals surface area contributed by atoms with Gasteiger partial charge in [-0.25, -0.2) is 0 Å². The minimum absolute atomic E-state index is 0.436. The number of hydrogen-bond donors (Lipinski definition) is 1. The fraction of sp³-hybridized carbons (Fsp3) is 1.00. The van der Waals surface area contributed by atoms with E-state index in [9.17, 15) is 0 Å². The SMILES string of the molecule is CNC1CCCCCCC1OC1CC(C)CC(C)(C)C1. The lowest BCUT2D eigenvalue weighted by Crippen LogP contribution is -2.44. The van der Waals surface area contributed by atoms with Crippen LogP contribution in [0.25, 0.3) is 0 Å². The zero-order valence-corrected chi connectivity index (χ0v) is 14.1. The Balaban J connectivity index is 1.94. The van der Waals surface area contributed by atoms with E-state index in [1.54, 1.807) is 0 Å². The second-order valence-corrected chi connectivity index (χ2v) is 8.10. The van der Waals surface area contributed by atoms with E-state index in [0.717, 1.165) is 5.92 Å². The van der Waals surface area contributed by atoms with Crippen molar-refractivity contribution in [2.75, 3.05) is 7.05 Å². The molecule has 2 aliphatic carbocycles. The third-order valence-corrected chi connectivity index (χ3v) is 5.29. The molecule has 0 saturated heterocycles. The van der Waals surface area contributed by atoms with Gasteiger partial charge in [0.1, 0.15) is 0 Å². The maximum Gasteiger partial charge on any atom is 0.0731 e. The van der Waals surface area contributed by atoms with Crippen molar-refractivity contribution in [3.63, 3.8) is 0 Å². The Morgan fingerprint density at radius 2 is 1.70 bits per heavy atom. The first-order chi connectivity index (χ1) is 9.50. The molecule has 2 heteroatoms. The molecule has 0 bridgehead atoms. The van der Waals surface area contributed by atoms with E-state index in [2.05, 4.69) is 33.1 Å². The highest BCUT2D eigenvalue weighted by Gasteiger charge is 2.35. The molecule has 0 aliphatic heterocycles. The van der Waals surface area contributed by atoms with Gasteiger partial charge in [0, 0.05) is 6.04 Å². The molecule has 118 valence electrons. The fourth-order valence-electron chi connectivity index (χ4n) is 4.55. The van der Waals surface area contributed by atoms with Crippen molar-refractivity contribution >= 4 is 0 Å². The molecule has 0 spiro atoms. The second-order valence-electron chi connectivity index (χ2n) is 8.10. The Kier molecular flexibility index (Phi) is 5.92. The van der Waals surface area contributed by atoms with Crippen LogP contribution in [0.15, 0.2) is 0 Å². The molecule has 2 fully saturated rings. The Hall–Kier alpha value is -0.0800. The Bertz CT molecular complexity index is 289. The molecule has 2 saturated carbocycles. The van der Waals surface area contributed by atoms with E-state index in [1.807, 2.05) is 0 Å². The van der Waals surface area contributed by atoms with Crippen molar-refractivity contribution in [2.24, 2.45) is 11.3 Å². The summed E-state index contributed by atoms with van der Waals surface area (Å²) in [5.41, 5.74) is 0.457. The molecular weight excluding hydrogens is 246 g/mol. The lowest BCUT2D eigenvalue weighted by molar-refractivity contribution is -0.0826. The minimum atomic E-state index is 0.436. The molecule has 0 aromatic heterocycles. The van der Waals surface area contributed by atoms with E-state index in [-0.39, 0.29) is 0 Å². The van der Waals surface area contributed by atoms with Crippen LogP contribution in [0, 0.1) is 11.3 Å². The van der Waals surface area contributed by atoms with Gasteiger partial charge in [0.15, 0.2) is 0 Å². The molecule has 0 heterocycles. The van der Waals surface area contributed by atoms with Crippen molar-refractivity contribution in [2.45, 2.75) is 96.8 Å². The summed E-state index contributed by atoms with van der Waals surface area (Å²) in [4.78, 5) is 0. The van der Waals surface area contributed by atoms with E-state index >= 15 is 0 Å². The number of hydrogen-bond acceptors (Lipinski definition) is 2. The molecular formula is C18H35NO. The molecule has 2 aliphatic rings. The first-order valence-electron chi connectivity index (χ1n) is 8.83. The highest BCUT2D eigenvalue weighted by molar-refractivity contribution is 4.86. The second kappa shape index (κ2) is 7.26. The van der Waals surface area contributed by atoms with Gasteiger partial charge < -0.3 is 10.1 Å². The highest BCUT2D eigenvalue weighted by atomic mass is 16.5. The summed E-state index contributed by atoms with van der Waals surface area (Å²) in [6.45, 7) is 7.21. The molecule has 2 rings (SSSR count). The summed E-state index contributed by atoms with van der Waals surface area (Å²) < 4.78 is 6.61. The van der Waals surface area contributed by atoms with Gasteiger partial charge in [-0.2, -0.15) is 0 Å². The number of rotatable bonds is 3. The van der Waals surface area contributed by atoms with Crippen molar-refractivity contribution in [1.29, 1.82) is 0 Å². The van der Waals surface area contributed by atoms with Gasteiger partial charge in [-0.3, -0.25) is 0 Å². The van der Waals surface area contributed by atoms with Crippen LogP contribution < -0.4 is 5.32 Å². The van der Waals surface area contributed by atoms with Crippen LogP contribution in [0.5, 0.6) is 0 Å². The van der Waals surface area contributed by atoms with Crippen LogP contribution in [0.1, 0.15) is 78.6 Å². The van der Waals surface area contributed by atoms with Crippen molar-refractivity contribution < 1.29 is 4.74 Å². The molecule has 2 nitrogen and oxygen atoms in total. The maximum atomic E-state index is 6.61. The molecule has 1 N–H and O–H groups in total. The summed E-state index contributed by atoms with van der Waals surface area (Å²) in [6, 6.07) is 0.565. The Morgan fingerprint density at radius 3 is 2.35 bits per heavy atom. The average Bonchev–Trinajstić information content (AvgIpc) is 2.30.